The highest BCUT2D eigenvalue weighted by Gasteiger charge is 2.32. The van der Waals surface area contributed by atoms with E-state index in [0.29, 0.717) is 17.1 Å². The van der Waals surface area contributed by atoms with Crippen molar-refractivity contribution in [3.05, 3.63) is 45.7 Å². The van der Waals surface area contributed by atoms with E-state index in [4.69, 9.17) is 4.74 Å². The number of hydrogen-bond acceptors (Lipinski definition) is 4. The second-order valence-electron chi connectivity index (χ2n) is 6.02. The van der Waals surface area contributed by atoms with E-state index < -0.39 is 0 Å². The van der Waals surface area contributed by atoms with Crippen molar-refractivity contribution >= 4 is 23.5 Å². The van der Waals surface area contributed by atoms with Gasteiger partial charge in [-0.3, -0.25) is 19.4 Å². The molecule has 0 spiro atoms. The van der Waals surface area contributed by atoms with E-state index in [2.05, 4.69) is 24.3 Å². The fraction of sp³-hybridized carbons (Fsp3) is 0.444. The zero-order valence-corrected chi connectivity index (χ0v) is 15.5. The lowest BCUT2D eigenvalue weighted by atomic mass is 10.0. The van der Waals surface area contributed by atoms with Crippen molar-refractivity contribution in [2.24, 2.45) is 0 Å². The second-order valence-corrected chi connectivity index (χ2v) is 7.12. The van der Waals surface area contributed by atoms with Crippen LogP contribution in [-0.4, -0.2) is 28.6 Å². The number of benzene rings is 1. The Hall–Kier alpha value is -2.15. The first kappa shape index (κ1) is 17.7. The Morgan fingerprint density at radius 1 is 1.28 bits per heavy atom. The van der Waals surface area contributed by atoms with Crippen LogP contribution in [-0.2, 0) is 4.79 Å². The first-order valence-corrected chi connectivity index (χ1v) is 9.54. The molecule has 25 heavy (non-hydrogen) atoms. The molecule has 6 nitrogen and oxygen atoms in total. The van der Waals surface area contributed by atoms with Gasteiger partial charge < -0.3 is 10.1 Å². The monoisotopic (exact) mass is 361 g/mol. The van der Waals surface area contributed by atoms with Crippen LogP contribution in [0.25, 0.3) is 0 Å². The average molecular weight is 361 g/mol. The molecule has 1 atom stereocenters. The molecule has 1 amide bonds. The molecule has 134 valence electrons. The summed E-state index contributed by atoms with van der Waals surface area (Å²) in [6.45, 7) is 4.15. The Morgan fingerprint density at radius 2 is 2.00 bits per heavy atom. The van der Waals surface area contributed by atoms with E-state index in [1.807, 2.05) is 28.9 Å². The molecule has 1 aliphatic rings. The van der Waals surface area contributed by atoms with Crippen molar-refractivity contribution in [2.75, 3.05) is 18.2 Å². The highest BCUT2D eigenvalue weighted by atomic mass is 32.2. The Kier molecular flexibility index (Phi) is 5.22. The molecule has 0 saturated carbocycles. The fourth-order valence-electron chi connectivity index (χ4n) is 3.30. The molecule has 7 heteroatoms. The molecule has 0 bridgehead atoms. The molecule has 1 aromatic carbocycles. The molecule has 1 aliphatic heterocycles. The maximum absolute atomic E-state index is 12.8. The molecule has 0 radical (unpaired) electrons. The Morgan fingerprint density at radius 3 is 2.68 bits per heavy atom. The summed E-state index contributed by atoms with van der Waals surface area (Å²) >= 11 is 1.45. The normalized spacial score (nSPS) is 17.1. The first-order valence-electron chi connectivity index (χ1n) is 8.49. The number of para-hydroxylation sites is 1. The molecular formula is C18H23N3O3S. The molecule has 2 heterocycles. The summed E-state index contributed by atoms with van der Waals surface area (Å²) in [6, 6.07) is 7.78. The summed E-state index contributed by atoms with van der Waals surface area (Å²) in [6.07, 6.45) is 1.74. The van der Waals surface area contributed by atoms with Crippen LogP contribution >= 0.6 is 11.8 Å². The van der Waals surface area contributed by atoms with Gasteiger partial charge in [-0.15, -0.1) is 11.8 Å². The van der Waals surface area contributed by atoms with Crippen LogP contribution < -0.4 is 15.6 Å². The first-order chi connectivity index (χ1) is 12.1. The maximum Gasteiger partial charge on any atom is 0.270 e. The number of nitrogens with one attached hydrogen (secondary N) is 2. The Bertz CT molecular complexity index is 823. The topological polar surface area (TPSA) is 76.1 Å². The zero-order chi connectivity index (χ0) is 18.0. The number of carbonyl (C=O) groups is 1. The van der Waals surface area contributed by atoms with E-state index in [9.17, 15) is 9.59 Å². The van der Waals surface area contributed by atoms with E-state index >= 15 is 0 Å². The Balaban J connectivity index is 2.19. The summed E-state index contributed by atoms with van der Waals surface area (Å²) < 4.78 is 7.30. The standard InChI is InChI=1S/C18H23N3O3S/c1-4-11(5-2)21-17-15(18(23)20-21)16(25-10-14(22)19-17)12-8-6-7-9-13(12)24-3/h6-9,11,16H,4-5,10H2,1-3H3,(H,19,22)(H,20,23)/t16-/m0/s1. The van der Waals surface area contributed by atoms with Gasteiger partial charge in [0, 0.05) is 5.56 Å². The van der Waals surface area contributed by atoms with E-state index in [0.717, 1.165) is 24.2 Å². The summed E-state index contributed by atoms with van der Waals surface area (Å²) in [5.41, 5.74) is 1.33. The van der Waals surface area contributed by atoms with E-state index in [1.54, 1.807) is 7.11 Å². The molecule has 2 aromatic rings. The number of nitrogens with zero attached hydrogens (tertiary/aromatic N) is 1. The molecule has 0 aliphatic carbocycles. The molecule has 0 fully saturated rings. The molecular weight excluding hydrogens is 338 g/mol. The number of aromatic amines is 1. The van der Waals surface area contributed by atoms with Gasteiger partial charge in [-0.1, -0.05) is 32.0 Å². The lowest BCUT2D eigenvalue weighted by Gasteiger charge is -2.19. The average Bonchev–Trinajstić information content (AvgIpc) is 2.82. The van der Waals surface area contributed by atoms with Crippen LogP contribution in [0.1, 0.15) is 49.1 Å². The Labute approximate surface area is 150 Å². The number of hydrogen-bond donors (Lipinski definition) is 2. The number of thioether (sulfide) groups is 1. The van der Waals surface area contributed by atoms with Gasteiger partial charge in [-0.2, -0.15) is 0 Å². The van der Waals surface area contributed by atoms with Crippen LogP contribution in [0.15, 0.2) is 29.1 Å². The van der Waals surface area contributed by atoms with Crippen LogP contribution in [0.2, 0.25) is 0 Å². The third kappa shape index (κ3) is 3.20. The predicted octanol–water partition coefficient (Wildman–Crippen LogP) is 3.32. The van der Waals surface area contributed by atoms with Gasteiger partial charge in [0.25, 0.3) is 5.56 Å². The van der Waals surface area contributed by atoms with Crippen molar-refractivity contribution in [1.29, 1.82) is 0 Å². The SMILES string of the molecule is CCC(CC)n1[nH]c(=O)c2c1NC(=O)CS[C@H]2c1ccccc1OC. The fourth-order valence-corrected chi connectivity index (χ4v) is 4.45. The van der Waals surface area contributed by atoms with Gasteiger partial charge in [-0.25, -0.2) is 0 Å². The molecule has 1 aromatic heterocycles. The second kappa shape index (κ2) is 7.39. The van der Waals surface area contributed by atoms with Crippen LogP contribution in [0.5, 0.6) is 5.75 Å². The number of carbonyl (C=O) groups excluding carboxylic acids is 1. The smallest absolute Gasteiger partial charge is 0.270 e. The molecule has 0 unspecified atom stereocenters. The summed E-state index contributed by atoms with van der Waals surface area (Å²) in [5.74, 6) is 1.50. The number of aromatic nitrogens is 2. The quantitative estimate of drug-likeness (QED) is 0.856. The summed E-state index contributed by atoms with van der Waals surface area (Å²) in [7, 11) is 1.62. The third-order valence-corrected chi connectivity index (χ3v) is 5.84. The largest absolute Gasteiger partial charge is 0.496 e. The van der Waals surface area contributed by atoms with Crippen molar-refractivity contribution in [2.45, 2.75) is 38.0 Å². The summed E-state index contributed by atoms with van der Waals surface area (Å²) in [4.78, 5) is 25.0. The van der Waals surface area contributed by atoms with Gasteiger partial charge in [-0.05, 0) is 18.9 Å². The van der Waals surface area contributed by atoms with E-state index in [-0.39, 0.29) is 22.8 Å². The molecule has 0 saturated heterocycles. The number of rotatable bonds is 5. The minimum Gasteiger partial charge on any atom is -0.496 e. The molecule has 2 N–H and O–H groups in total. The highest BCUT2D eigenvalue weighted by Crippen LogP contribution is 2.43. The van der Waals surface area contributed by atoms with Gasteiger partial charge >= 0.3 is 0 Å². The predicted molar refractivity (Wildman–Crippen MR) is 101 cm³/mol. The van der Waals surface area contributed by atoms with Gasteiger partial charge in [0.05, 0.1) is 29.7 Å². The molecule has 3 rings (SSSR count). The number of fused-ring (bicyclic) bond motifs is 1. The lowest BCUT2D eigenvalue weighted by molar-refractivity contribution is -0.113. The minimum absolute atomic E-state index is 0.0950. The van der Waals surface area contributed by atoms with Crippen LogP contribution in [0, 0.1) is 0 Å². The summed E-state index contributed by atoms with van der Waals surface area (Å²) in [5, 5.41) is 5.60. The minimum atomic E-state index is -0.260. The maximum atomic E-state index is 12.8. The van der Waals surface area contributed by atoms with Gasteiger partial charge in [0.1, 0.15) is 11.6 Å². The van der Waals surface area contributed by atoms with Crippen molar-refractivity contribution in [1.82, 2.24) is 9.78 Å². The van der Waals surface area contributed by atoms with Crippen LogP contribution in [0.4, 0.5) is 5.82 Å². The van der Waals surface area contributed by atoms with Gasteiger partial charge in [0.15, 0.2) is 0 Å². The number of ether oxygens (including phenoxy) is 1. The van der Waals surface area contributed by atoms with Crippen molar-refractivity contribution < 1.29 is 9.53 Å². The lowest BCUT2D eigenvalue weighted by Crippen LogP contribution is -2.19. The number of H-pyrrole nitrogens is 1. The zero-order valence-electron chi connectivity index (χ0n) is 14.7. The van der Waals surface area contributed by atoms with Crippen molar-refractivity contribution in [3.63, 3.8) is 0 Å². The highest BCUT2D eigenvalue weighted by molar-refractivity contribution is 8.00. The van der Waals surface area contributed by atoms with Gasteiger partial charge in [0.2, 0.25) is 5.91 Å². The number of methoxy groups -OCH3 is 1. The van der Waals surface area contributed by atoms with E-state index in [1.165, 1.54) is 11.8 Å². The van der Waals surface area contributed by atoms with Crippen molar-refractivity contribution in [3.8, 4) is 5.75 Å². The van der Waals surface area contributed by atoms with Crippen LogP contribution in [0.3, 0.4) is 0 Å². The third-order valence-electron chi connectivity index (χ3n) is 4.59. The number of amides is 1. The number of anilines is 1.